The smallest absolute Gasteiger partial charge is 0.174 e. The number of hydrogen-bond donors (Lipinski definition) is 0. The lowest BCUT2D eigenvalue weighted by atomic mass is 9.72. The summed E-state index contributed by atoms with van der Waals surface area (Å²) in [7, 11) is 0. The molecule has 0 N–H and O–H groups in total. The Labute approximate surface area is 127 Å². The maximum atomic E-state index is 13.2. The van der Waals surface area contributed by atoms with Gasteiger partial charge in [-0.25, -0.2) is 0 Å². The first-order valence-corrected chi connectivity index (χ1v) is 8.31. The van der Waals surface area contributed by atoms with Crippen LogP contribution in [-0.2, 0) is 5.41 Å². The van der Waals surface area contributed by atoms with E-state index in [0.717, 1.165) is 44.1 Å². The van der Waals surface area contributed by atoms with Gasteiger partial charge in [0.05, 0.1) is 5.41 Å². The highest BCUT2D eigenvalue weighted by molar-refractivity contribution is 6.20. The number of hydrogen-bond acceptors (Lipinski definition) is 1. The Hall–Kier alpha value is -1.63. The number of carbonyl (C=O) groups is 1. The van der Waals surface area contributed by atoms with Gasteiger partial charge >= 0.3 is 0 Å². The molecule has 2 aromatic rings. The topological polar surface area (TPSA) is 17.1 Å². The number of benzene rings is 2. The van der Waals surface area contributed by atoms with Crippen molar-refractivity contribution >= 4 is 16.6 Å². The molecular weight excluding hydrogens is 256 g/mol. The molecule has 0 spiro atoms. The highest BCUT2D eigenvalue weighted by Gasteiger charge is 2.45. The van der Waals surface area contributed by atoms with Crippen LogP contribution in [0.1, 0.15) is 68.3 Å². The molecule has 21 heavy (non-hydrogen) atoms. The first-order chi connectivity index (χ1) is 10.2. The summed E-state index contributed by atoms with van der Waals surface area (Å²) in [5.74, 6) is 0.371. The van der Waals surface area contributed by atoms with Gasteiger partial charge in [-0.15, -0.1) is 0 Å². The molecule has 0 aliphatic heterocycles. The first kappa shape index (κ1) is 14.3. The third-order valence-corrected chi connectivity index (χ3v) is 5.01. The van der Waals surface area contributed by atoms with Crippen LogP contribution in [0.2, 0.25) is 0 Å². The van der Waals surface area contributed by atoms with Crippen molar-refractivity contribution in [1.29, 1.82) is 0 Å². The van der Waals surface area contributed by atoms with Crippen LogP contribution in [0.15, 0.2) is 36.4 Å². The van der Waals surface area contributed by atoms with Crippen molar-refractivity contribution in [3.63, 3.8) is 0 Å². The molecule has 0 radical (unpaired) electrons. The maximum absolute atomic E-state index is 13.2. The SMILES string of the molecule is CCCCC1(CCCC)C(=O)c2cccc3cccc1c23. The lowest BCUT2D eigenvalue weighted by Crippen LogP contribution is -2.32. The van der Waals surface area contributed by atoms with E-state index in [0.29, 0.717) is 5.78 Å². The molecule has 1 aliphatic carbocycles. The van der Waals surface area contributed by atoms with Crippen molar-refractivity contribution in [1.82, 2.24) is 0 Å². The Balaban J connectivity index is 2.18. The van der Waals surface area contributed by atoms with E-state index in [4.69, 9.17) is 0 Å². The van der Waals surface area contributed by atoms with Crippen molar-refractivity contribution in [3.05, 3.63) is 47.5 Å². The van der Waals surface area contributed by atoms with Gasteiger partial charge in [0, 0.05) is 5.56 Å². The molecule has 0 aromatic heterocycles. The molecule has 0 heterocycles. The van der Waals surface area contributed by atoms with Gasteiger partial charge in [-0.1, -0.05) is 75.9 Å². The minimum Gasteiger partial charge on any atom is -0.293 e. The van der Waals surface area contributed by atoms with E-state index in [1.165, 1.54) is 16.3 Å². The van der Waals surface area contributed by atoms with E-state index in [-0.39, 0.29) is 5.41 Å². The highest BCUT2D eigenvalue weighted by Crippen LogP contribution is 2.48. The summed E-state index contributed by atoms with van der Waals surface area (Å²) in [6.07, 6.45) is 6.53. The zero-order valence-corrected chi connectivity index (χ0v) is 13.1. The van der Waals surface area contributed by atoms with Crippen molar-refractivity contribution in [3.8, 4) is 0 Å². The normalized spacial score (nSPS) is 15.8. The summed E-state index contributed by atoms with van der Waals surface area (Å²) in [6, 6.07) is 12.6. The summed E-state index contributed by atoms with van der Waals surface area (Å²) in [4.78, 5) is 13.2. The second-order valence-corrected chi connectivity index (χ2v) is 6.33. The number of unbranched alkanes of at least 4 members (excludes halogenated alkanes) is 2. The third kappa shape index (κ3) is 2.10. The van der Waals surface area contributed by atoms with Crippen LogP contribution in [0, 0.1) is 0 Å². The van der Waals surface area contributed by atoms with E-state index in [1.807, 2.05) is 12.1 Å². The largest absolute Gasteiger partial charge is 0.293 e. The quantitative estimate of drug-likeness (QED) is 0.667. The molecule has 3 rings (SSSR count). The van der Waals surface area contributed by atoms with Crippen LogP contribution in [0.25, 0.3) is 10.8 Å². The van der Waals surface area contributed by atoms with Crippen LogP contribution in [0.3, 0.4) is 0 Å². The van der Waals surface area contributed by atoms with Crippen LogP contribution in [0.5, 0.6) is 0 Å². The second kappa shape index (κ2) is 5.63. The Bertz CT molecular complexity index is 655. The number of rotatable bonds is 6. The molecule has 1 heteroatoms. The molecule has 110 valence electrons. The number of ketones is 1. The second-order valence-electron chi connectivity index (χ2n) is 6.33. The maximum Gasteiger partial charge on any atom is 0.174 e. The van der Waals surface area contributed by atoms with E-state index in [2.05, 4.69) is 38.1 Å². The average molecular weight is 280 g/mol. The van der Waals surface area contributed by atoms with Gasteiger partial charge in [0.15, 0.2) is 5.78 Å². The Kier molecular flexibility index (Phi) is 3.84. The minimum atomic E-state index is -0.255. The van der Waals surface area contributed by atoms with Gasteiger partial charge in [-0.05, 0) is 29.2 Å². The van der Waals surface area contributed by atoms with Gasteiger partial charge in [-0.2, -0.15) is 0 Å². The summed E-state index contributed by atoms with van der Waals surface area (Å²) in [5, 5.41) is 2.44. The predicted octanol–water partition coefficient (Wildman–Crippen LogP) is 5.65. The Morgan fingerprint density at radius 1 is 0.905 bits per heavy atom. The molecule has 0 amide bonds. The first-order valence-electron chi connectivity index (χ1n) is 8.31. The van der Waals surface area contributed by atoms with Crippen molar-refractivity contribution < 1.29 is 4.79 Å². The summed E-state index contributed by atoms with van der Waals surface area (Å²) >= 11 is 0. The molecule has 2 aromatic carbocycles. The standard InChI is InChI=1S/C20H24O/c1-3-5-13-20(14-6-4-2)17-12-8-10-15-9-7-11-16(18(15)17)19(20)21/h7-12H,3-6,13-14H2,1-2H3. The van der Waals surface area contributed by atoms with E-state index in [9.17, 15) is 4.79 Å². The molecular formula is C20H24O. The van der Waals surface area contributed by atoms with Gasteiger partial charge in [0.25, 0.3) is 0 Å². The fourth-order valence-electron chi connectivity index (χ4n) is 3.89. The lowest BCUT2D eigenvalue weighted by molar-refractivity contribution is 0.0871. The third-order valence-electron chi connectivity index (χ3n) is 5.01. The van der Waals surface area contributed by atoms with Crippen LogP contribution in [-0.4, -0.2) is 5.78 Å². The van der Waals surface area contributed by atoms with Crippen molar-refractivity contribution in [2.24, 2.45) is 0 Å². The molecule has 0 saturated heterocycles. The number of carbonyl (C=O) groups excluding carboxylic acids is 1. The Morgan fingerprint density at radius 3 is 2.14 bits per heavy atom. The van der Waals surface area contributed by atoms with E-state index in [1.54, 1.807) is 0 Å². The number of Topliss-reactive ketones (excluding diaryl/α,β-unsaturated/α-hetero) is 1. The highest BCUT2D eigenvalue weighted by atomic mass is 16.1. The van der Waals surface area contributed by atoms with Crippen molar-refractivity contribution in [2.75, 3.05) is 0 Å². The Morgan fingerprint density at radius 2 is 1.52 bits per heavy atom. The fourth-order valence-corrected chi connectivity index (χ4v) is 3.89. The van der Waals surface area contributed by atoms with Crippen molar-refractivity contribution in [2.45, 2.75) is 57.8 Å². The monoisotopic (exact) mass is 280 g/mol. The zero-order valence-electron chi connectivity index (χ0n) is 13.1. The lowest BCUT2D eigenvalue weighted by Gasteiger charge is -2.29. The van der Waals surface area contributed by atoms with Crippen LogP contribution in [0.4, 0.5) is 0 Å². The molecule has 0 unspecified atom stereocenters. The summed E-state index contributed by atoms with van der Waals surface area (Å²) in [5.41, 5.74) is 1.99. The van der Waals surface area contributed by atoms with Gasteiger partial charge in [0.1, 0.15) is 0 Å². The van der Waals surface area contributed by atoms with Crippen LogP contribution < -0.4 is 0 Å². The fraction of sp³-hybridized carbons (Fsp3) is 0.450. The predicted molar refractivity (Wildman–Crippen MR) is 89.0 cm³/mol. The molecule has 0 saturated carbocycles. The molecule has 0 atom stereocenters. The minimum absolute atomic E-state index is 0.255. The van der Waals surface area contributed by atoms with Crippen LogP contribution >= 0.6 is 0 Å². The van der Waals surface area contributed by atoms with Gasteiger partial charge in [-0.3, -0.25) is 4.79 Å². The van der Waals surface area contributed by atoms with Gasteiger partial charge < -0.3 is 0 Å². The molecule has 1 aliphatic rings. The van der Waals surface area contributed by atoms with E-state index < -0.39 is 0 Å². The summed E-state index contributed by atoms with van der Waals surface area (Å²) < 4.78 is 0. The zero-order chi connectivity index (χ0) is 14.9. The average Bonchev–Trinajstić information content (AvgIpc) is 2.76. The van der Waals surface area contributed by atoms with E-state index >= 15 is 0 Å². The molecule has 0 fully saturated rings. The van der Waals surface area contributed by atoms with Gasteiger partial charge in [0.2, 0.25) is 0 Å². The summed E-state index contributed by atoms with van der Waals surface area (Å²) in [6.45, 7) is 4.42. The molecule has 0 bridgehead atoms. The molecule has 1 nitrogen and oxygen atoms in total.